The maximum Gasteiger partial charge on any atom is 0.416 e. The van der Waals surface area contributed by atoms with Gasteiger partial charge in [-0.05, 0) is 43.0 Å². The molecule has 0 aliphatic carbocycles. The van der Waals surface area contributed by atoms with Crippen LogP contribution in [0, 0.1) is 6.92 Å². The maximum absolute atomic E-state index is 12.6. The van der Waals surface area contributed by atoms with Crippen molar-refractivity contribution in [3.05, 3.63) is 34.9 Å². The summed E-state index contributed by atoms with van der Waals surface area (Å²) in [4.78, 5) is 0. The SMILES string of the molecule is Cc1cc(C(F)(F)F)ccc1C1(N)CCOCC1. The Labute approximate surface area is 104 Å². The molecule has 0 amide bonds. The predicted molar refractivity (Wildman–Crippen MR) is 62.1 cm³/mol. The second-order valence-corrected chi connectivity index (χ2v) is 4.80. The van der Waals surface area contributed by atoms with E-state index >= 15 is 0 Å². The molecule has 0 atom stereocenters. The fourth-order valence-corrected chi connectivity index (χ4v) is 2.40. The molecule has 0 spiro atoms. The Kier molecular flexibility index (Phi) is 3.38. The van der Waals surface area contributed by atoms with Crippen LogP contribution >= 0.6 is 0 Å². The van der Waals surface area contributed by atoms with Crippen LogP contribution in [-0.2, 0) is 16.5 Å². The van der Waals surface area contributed by atoms with Gasteiger partial charge >= 0.3 is 6.18 Å². The van der Waals surface area contributed by atoms with Gasteiger partial charge in [-0.3, -0.25) is 0 Å². The van der Waals surface area contributed by atoms with Gasteiger partial charge in [-0.25, -0.2) is 0 Å². The summed E-state index contributed by atoms with van der Waals surface area (Å²) < 4.78 is 43.0. The summed E-state index contributed by atoms with van der Waals surface area (Å²) >= 11 is 0. The first-order chi connectivity index (χ1) is 8.33. The van der Waals surface area contributed by atoms with Crippen LogP contribution in [0.3, 0.4) is 0 Å². The molecule has 5 heteroatoms. The number of ether oxygens (including phenoxy) is 1. The van der Waals surface area contributed by atoms with E-state index < -0.39 is 17.3 Å². The van der Waals surface area contributed by atoms with Gasteiger partial charge in [0.15, 0.2) is 0 Å². The molecule has 2 N–H and O–H groups in total. The molecule has 100 valence electrons. The molecule has 0 bridgehead atoms. The molecule has 1 aromatic rings. The van der Waals surface area contributed by atoms with Gasteiger partial charge in [0.1, 0.15) is 0 Å². The van der Waals surface area contributed by atoms with Gasteiger partial charge in [-0.15, -0.1) is 0 Å². The molecule has 1 saturated heterocycles. The minimum atomic E-state index is -4.30. The molecule has 0 radical (unpaired) electrons. The third kappa shape index (κ3) is 2.52. The normalized spacial score (nSPS) is 19.8. The minimum absolute atomic E-state index is 0.553. The number of halogens is 3. The highest BCUT2D eigenvalue weighted by molar-refractivity contribution is 5.37. The van der Waals surface area contributed by atoms with Crippen LogP contribution in [0.5, 0.6) is 0 Å². The Morgan fingerprint density at radius 3 is 2.33 bits per heavy atom. The Balaban J connectivity index is 2.35. The van der Waals surface area contributed by atoms with E-state index in [9.17, 15) is 13.2 Å². The standard InChI is InChI=1S/C13H16F3NO/c1-9-8-10(13(14,15)16)2-3-11(9)12(17)4-6-18-7-5-12/h2-3,8H,4-7,17H2,1H3. The molecule has 0 unspecified atom stereocenters. The van der Waals surface area contributed by atoms with Crippen LogP contribution in [0.4, 0.5) is 13.2 Å². The first-order valence-corrected chi connectivity index (χ1v) is 5.88. The molecule has 1 fully saturated rings. The predicted octanol–water partition coefficient (Wildman–Crippen LogP) is 2.98. The number of nitrogens with two attached hydrogens (primary N) is 1. The molecule has 1 aliphatic heterocycles. The van der Waals surface area contributed by atoms with Gasteiger partial charge < -0.3 is 10.5 Å². The van der Waals surface area contributed by atoms with Crippen LogP contribution in [0.1, 0.15) is 29.5 Å². The topological polar surface area (TPSA) is 35.2 Å². The molecule has 1 aromatic carbocycles. The molecule has 1 aliphatic rings. The Bertz CT molecular complexity index is 436. The monoisotopic (exact) mass is 259 g/mol. The molecule has 2 rings (SSSR count). The molecule has 1 heterocycles. The summed E-state index contributed by atoms with van der Waals surface area (Å²) in [7, 11) is 0. The lowest BCUT2D eigenvalue weighted by molar-refractivity contribution is -0.137. The summed E-state index contributed by atoms with van der Waals surface area (Å²) in [5.41, 5.74) is 6.47. The minimum Gasteiger partial charge on any atom is -0.381 e. The van der Waals surface area contributed by atoms with E-state index in [1.807, 2.05) is 0 Å². The van der Waals surface area contributed by atoms with Crippen molar-refractivity contribution >= 4 is 0 Å². The van der Waals surface area contributed by atoms with Gasteiger partial charge in [0, 0.05) is 18.8 Å². The summed E-state index contributed by atoms with van der Waals surface area (Å²) in [6.45, 7) is 2.78. The Hall–Kier alpha value is -1.07. The first-order valence-electron chi connectivity index (χ1n) is 5.88. The number of hydrogen-bond acceptors (Lipinski definition) is 2. The van der Waals surface area contributed by atoms with Crippen molar-refractivity contribution in [2.75, 3.05) is 13.2 Å². The lowest BCUT2D eigenvalue weighted by atomic mass is 9.81. The molecule has 0 saturated carbocycles. The van der Waals surface area contributed by atoms with Crippen LogP contribution < -0.4 is 5.73 Å². The van der Waals surface area contributed by atoms with Gasteiger partial charge in [0.05, 0.1) is 5.56 Å². The molecule has 0 aromatic heterocycles. The quantitative estimate of drug-likeness (QED) is 0.841. The average molecular weight is 259 g/mol. The smallest absolute Gasteiger partial charge is 0.381 e. The molecular weight excluding hydrogens is 243 g/mol. The van der Waals surface area contributed by atoms with Gasteiger partial charge in [-0.1, -0.05) is 6.07 Å². The summed E-state index contributed by atoms with van der Waals surface area (Å²) in [5.74, 6) is 0. The van der Waals surface area contributed by atoms with Gasteiger partial charge in [-0.2, -0.15) is 13.2 Å². The van der Waals surface area contributed by atoms with Crippen molar-refractivity contribution in [2.45, 2.75) is 31.5 Å². The molecule has 2 nitrogen and oxygen atoms in total. The van der Waals surface area contributed by atoms with E-state index in [-0.39, 0.29) is 0 Å². The molecular formula is C13H16F3NO. The van der Waals surface area contributed by atoms with E-state index in [0.717, 1.165) is 11.6 Å². The fraction of sp³-hybridized carbons (Fsp3) is 0.538. The van der Waals surface area contributed by atoms with Gasteiger partial charge in [0.2, 0.25) is 0 Å². The zero-order chi connectivity index (χ0) is 13.4. The second-order valence-electron chi connectivity index (χ2n) is 4.80. The Morgan fingerprint density at radius 2 is 1.83 bits per heavy atom. The van der Waals surface area contributed by atoms with E-state index in [4.69, 9.17) is 10.5 Å². The van der Waals surface area contributed by atoms with E-state index in [2.05, 4.69) is 0 Å². The van der Waals surface area contributed by atoms with E-state index in [1.54, 1.807) is 6.92 Å². The second kappa shape index (κ2) is 4.55. The average Bonchev–Trinajstić information content (AvgIpc) is 2.28. The molecule has 18 heavy (non-hydrogen) atoms. The van der Waals surface area contributed by atoms with Crippen molar-refractivity contribution in [3.8, 4) is 0 Å². The first kappa shape index (κ1) is 13.4. The zero-order valence-corrected chi connectivity index (χ0v) is 10.2. The van der Waals surface area contributed by atoms with E-state index in [0.29, 0.717) is 31.6 Å². The number of hydrogen-bond donors (Lipinski definition) is 1. The van der Waals surface area contributed by atoms with Crippen molar-refractivity contribution in [1.29, 1.82) is 0 Å². The fourth-order valence-electron chi connectivity index (χ4n) is 2.40. The largest absolute Gasteiger partial charge is 0.416 e. The lowest BCUT2D eigenvalue weighted by Crippen LogP contribution is -2.42. The number of rotatable bonds is 1. The highest BCUT2D eigenvalue weighted by Crippen LogP contribution is 2.35. The van der Waals surface area contributed by atoms with Crippen LogP contribution in [0.2, 0.25) is 0 Å². The number of aryl methyl sites for hydroxylation is 1. The van der Waals surface area contributed by atoms with Crippen LogP contribution in [-0.4, -0.2) is 13.2 Å². The van der Waals surface area contributed by atoms with Crippen molar-refractivity contribution < 1.29 is 17.9 Å². The van der Waals surface area contributed by atoms with Crippen molar-refractivity contribution in [1.82, 2.24) is 0 Å². The lowest BCUT2D eigenvalue weighted by Gasteiger charge is -2.35. The highest BCUT2D eigenvalue weighted by Gasteiger charge is 2.34. The van der Waals surface area contributed by atoms with E-state index in [1.165, 1.54) is 12.1 Å². The third-order valence-electron chi connectivity index (χ3n) is 3.48. The Morgan fingerprint density at radius 1 is 1.22 bits per heavy atom. The van der Waals surface area contributed by atoms with Gasteiger partial charge in [0.25, 0.3) is 0 Å². The maximum atomic E-state index is 12.6. The van der Waals surface area contributed by atoms with Crippen LogP contribution in [0.15, 0.2) is 18.2 Å². The summed E-state index contributed by atoms with van der Waals surface area (Å²) in [6, 6.07) is 3.77. The summed E-state index contributed by atoms with van der Waals surface area (Å²) in [5, 5.41) is 0. The van der Waals surface area contributed by atoms with Crippen molar-refractivity contribution in [2.24, 2.45) is 5.73 Å². The number of benzene rings is 1. The number of alkyl halides is 3. The third-order valence-corrected chi connectivity index (χ3v) is 3.48. The zero-order valence-electron chi connectivity index (χ0n) is 10.2. The van der Waals surface area contributed by atoms with Crippen molar-refractivity contribution in [3.63, 3.8) is 0 Å². The summed E-state index contributed by atoms with van der Waals surface area (Å²) in [6.07, 6.45) is -3.03. The van der Waals surface area contributed by atoms with Crippen LogP contribution in [0.25, 0.3) is 0 Å². The highest BCUT2D eigenvalue weighted by atomic mass is 19.4.